The third kappa shape index (κ3) is 4.11. The van der Waals surface area contributed by atoms with E-state index in [0.29, 0.717) is 10.6 Å². The molecule has 0 aliphatic carbocycles. The summed E-state index contributed by atoms with van der Waals surface area (Å²) >= 11 is 5.36. The first kappa shape index (κ1) is 19.8. The summed E-state index contributed by atoms with van der Waals surface area (Å²) < 4.78 is 13.4. The first-order chi connectivity index (χ1) is 14.5. The molecule has 0 saturated carbocycles. The largest absolute Gasteiger partial charge is 0.496 e. The highest BCUT2D eigenvalue weighted by atomic mass is 32.1. The van der Waals surface area contributed by atoms with Crippen LogP contribution in [0.5, 0.6) is 11.5 Å². The summed E-state index contributed by atoms with van der Waals surface area (Å²) in [5.41, 5.74) is 3.16. The number of fused-ring (bicyclic) bond motifs is 1. The van der Waals surface area contributed by atoms with Gasteiger partial charge in [-0.2, -0.15) is 14.9 Å². The molecule has 1 heterocycles. The zero-order valence-corrected chi connectivity index (χ0v) is 17.9. The second kappa shape index (κ2) is 8.51. The minimum absolute atomic E-state index is 0.236. The molecule has 0 atom stereocenters. The number of H-pyrrole nitrogens is 1. The number of aromatic amines is 1. The Morgan fingerprint density at radius 2 is 1.87 bits per heavy atom. The van der Waals surface area contributed by atoms with Gasteiger partial charge in [0.05, 0.1) is 13.3 Å². The molecule has 3 aromatic carbocycles. The molecule has 0 aliphatic rings. The smallest absolute Gasteiger partial charge is 0.216 e. The Hall–Kier alpha value is -3.45. The van der Waals surface area contributed by atoms with Gasteiger partial charge in [-0.1, -0.05) is 36.4 Å². The molecule has 6 nitrogen and oxygen atoms in total. The molecule has 0 radical (unpaired) electrons. The van der Waals surface area contributed by atoms with E-state index in [4.69, 9.17) is 21.7 Å². The Kier molecular flexibility index (Phi) is 5.63. The third-order valence-corrected chi connectivity index (χ3v) is 5.00. The Balaban J connectivity index is 1.65. The highest BCUT2D eigenvalue weighted by Gasteiger charge is 2.09. The lowest BCUT2D eigenvalue weighted by molar-refractivity contribution is 0.290. The van der Waals surface area contributed by atoms with Crippen molar-refractivity contribution in [1.29, 1.82) is 0 Å². The molecule has 0 bridgehead atoms. The molecule has 0 aliphatic heterocycles. The van der Waals surface area contributed by atoms with E-state index < -0.39 is 0 Å². The zero-order valence-electron chi connectivity index (χ0n) is 17.0. The van der Waals surface area contributed by atoms with Crippen molar-refractivity contribution in [1.82, 2.24) is 14.9 Å². The summed E-state index contributed by atoms with van der Waals surface area (Å²) in [6.07, 6.45) is 1.74. The third-order valence-electron chi connectivity index (χ3n) is 4.73. The molecule has 4 aromatic rings. The van der Waals surface area contributed by atoms with Gasteiger partial charge in [0.1, 0.15) is 18.1 Å². The molecule has 0 amide bonds. The molecule has 152 valence electrons. The molecule has 0 saturated heterocycles. The van der Waals surface area contributed by atoms with Crippen LogP contribution in [-0.4, -0.2) is 28.2 Å². The number of rotatable bonds is 6. The lowest BCUT2D eigenvalue weighted by atomic mass is 10.0. The molecule has 0 fully saturated rings. The van der Waals surface area contributed by atoms with Gasteiger partial charge >= 0.3 is 0 Å². The minimum Gasteiger partial charge on any atom is -0.496 e. The average molecular weight is 419 g/mol. The van der Waals surface area contributed by atoms with Crippen molar-refractivity contribution in [2.75, 3.05) is 7.11 Å². The Labute approximate surface area is 179 Å². The fourth-order valence-corrected chi connectivity index (χ4v) is 3.60. The van der Waals surface area contributed by atoms with Gasteiger partial charge in [-0.15, -0.1) is 0 Å². The van der Waals surface area contributed by atoms with Crippen LogP contribution in [0, 0.1) is 18.6 Å². The van der Waals surface area contributed by atoms with E-state index in [1.54, 1.807) is 18.0 Å². The van der Waals surface area contributed by atoms with Crippen LogP contribution in [-0.2, 0) is 6.61 Å². The van der Waals surface area contributed by atoms with Gasteiger partial charge in [0.2, 0.25) is 4.77 Å². The number of hydrogen-bond donors (Lipinski definition) is 1. The first-order valence-electron chi connectivity index (χ1n) is 9.52. The van der Waals surface area contributed by atoms with Gasteiger partial charge in [0.15, 0.2) is 5.82 Å². The van der Waals surface area contributed by atoms with Gasteiger partial charge in [0.25, 0.3) is 0 Å². The molecule has 1 N–H and O–H groups in total. The van der Waals surface area contributed by atoms with E-state index in [-0.39, 0.29) is 6.61 Å². The predicted octanol–water partition coefficient (Wildman–Crippen LogP) is 5.18. The Morgan fingerprint density at radius 3 is 2.63 bits per heavy atom. The number of hydrogen-bond acceptors (Lipinski definition) is 5. The SMILES string of the molecule is COc1ccc2ccccc2c1/C=N\n1c(COc2cc(C)cc(C)c2)n[nH]c1=S. The summed E-state index contributed by atoms with van der Waals surface area (Å²) in [4.78, 5) is 0. The highest BCUT2D eigenvalue weighted by molar-refractivity contribution is 7.71. The van der Waals surface area contributed by atoms with Crippen molar-refractivity contribution >= 4 is 29.2 Å². The van der Waals surface area contributed by atoms with Crippen molar-refractivity contribution in [2.45, 2.75) is 20.5 Å². The Bertz CT molecular complexity index is 1270. The van der Waals surface area contributed by atoms with Crippen molar-refractivity contribution in [3.63, 3.8) is 0 Å². The number of nitrogens with one attached hydrogen (secondary N) is 1. The van der Waals surface area contributed by atoms with E-state index in [1.165, 1.54) is 0 Å². The van der Waals surface area contributed by atoms with Crippen LogP contribution in [0.2, 0.25) is 0 Å². The second-order valence-electron chi connectivity index (χ2n) is 7.02. The van der Waals surface area contributed by atoms with Crippen molar-refractivity contribution in [3.05, 3.63) is 81.9 Å². The van der Waals surface area contributed by atoms with Crippen molar-refractivity contribution in [3.8, 4) is 11.5 Å². The lowest BCUT2D eigenvalue weighted by Crippen LogP contribution is -2.05. The summed E-state index contributed by atoms with van der Waals surface area (Å²) in [6.45, 7) is 4.32. The number of ether oxygens (including phenoxy) is 2. The van der Waals surface area contributed by atoms with E-state index in [9.17, 15) is 0 Å². The van der Waals surface area contributed by atoms with Gasteiger partial charge in [0, 0.05) is 5.56 Å². The molecule has 7 heteroatoms. The van der Waals surface area contributed by atoms with Crippen LogP contribution < -0.4 is 9.47 Å². The maximum atomic E-state index is 5.93. The van der Waals surface area contributed by atoms with Crippen LogP contribution >= 0.6 is 12.2 Å². The van der Waals surface area contributed by atoms with Gasteiger partial charge in [-0.05, 0) is 66.2 Å². The summed E-state index contributed by atoms with van der Waals surface area (Å²) in [5.74, 6) is 2.10. The topological polar surface area (TPSA) is 64.4 Å². The lowest BCUT2D eigenvalue weighted by Gasteiger charge is -2.09. The van der Waals surface area contributed by atoms with Gasteiger partial charge in [-0.25, -0.2) is 5.10 Å². The van der Waals surface area contributed by atoms with E-state index >= 15 is 0 Å². The van der Waals surface area contributed by atoms with Crippen LogP contribution in [0.25, 0.3) is 10.8 Å². The fourth-order valence-electron chi connectivity index (χ4n) is 3.40. The number of benzene rings is 3. The molecule has 0 unspecified atom stereocenters. The predicted molar refractivity (Wildman–Crippen MR) is 121 cm³/mol. The molecular formula is C23H22N4O2S. The quantitative estimate of drug-likeness (QED) is 0.346. The summed E-state index contributed by atoms with van der Waals surface area (Å²) in [7, 11) is 1.65. The number of aryl methyl sites for hydroxylation is 2. The minimum atomic E-state index is 0.236. The van der Waals surface area contributed by atoms with Crippen molar-refractivity contribution < 1.29 is 9.47 Å². The maximum absolute atomic E-state index is 5.93. The standard InChI is InChI=1S/C23H22N4O2S/c1-15-10-16(2)12-18(11-15)29-14-22-25-26-23(30)27(22)24-13-20-19-7-5-4-6-17(19)8-9-21(20)28-3/h4-13H,14H2,1-3H3,(H,26,30)/b24-13-. The molecule has 30 heavy (non-hydrogen) atoms. The molecule has 0 spiro atoms. The van der Waals surface area contributed by atoms with E-state index in [0.717, 1.165) is 39.0 Å². The van der Waals surface area contributed by atoms with Gasteiger partial charge in [-0.3, -0.25) is 0 Å². The summed E-state index contributed by atoms with van der Waals surface area (Å²) in [5, 5.41) is 13.8. The fraction of sp³-hybridized carbons (Fsp3) is 0.174. The molecule has 1 aromatic heterocycles. The zero-order chi connectivity index (χ0) is 21.1. The van der Waals surface area contributed by atoms with Crippen molar-refractivity contribution in [2.24, 2.45) is 5.10 Å². The van der Waals surface area contributed by atoms with Crippen LogP contribution in [0.4, 0.5) is 0 Å². The second-order valence-corrected chi connectivity index (χ2v) is 7.40. The molecular weight excluding hydrogens is 396 g/mol. The van der Waals surface area contributed by atoms with Crippen LogP contribution in [0.3, 0.4) is 0 Å². The number of nitrogens with zero attached hydrogens (tertiary/aromatic N) is 3. The normalized spacial score (nSPS) is 11.3. The average Bonchev–Trinajstić information content (AvgIpc) is 3.09. The molecule has 4 rings (SSSR count). The van der Waals surface area contributed by atoms with Gasteiger partial charge < -0.3 is 9.47 Å². The van der Waals surface area contributed by atoms with Crippen LogP contribution in [0.15, 0.2) is 59.7 Å². The monoisotopic (exact) mass is 418 g/mol. The number of aromatic nitrogens is 3. The number of methoxy groups -OCH3 is 1. The summed E-state index contributed by atoms with van der Waals surface area (Å²) in [6, 6.07) is 18.1. The van der Waals surface area contributed by atoms with E-state index in [1.807, 2.05) is 56.3 Å². The first-order valence-corrected chi connectivity index (χ1v) is 9.93. The maximum Gasteiger partial charge on any atom is 0.216 e. The van der Waals surface area contributed by atoms with E-state index in [2.05, 4.69) is 27.4 Å². The Morgan fingerprint density at radius 1 is 1.10 bits per heavy atom. The van der Waals surface area contributed by atoms with Crippen LogP contribution in [0.1, 0.15) is 22.5 Å². The highest BCUT2D eigenvalue weighted by Crippen LogP contribution is 2.26.